The predicted molar refractivity (Wildman–Crippen MR) is 141 cm³/mol. The van der Waals surface area contributed by atoms with E-state index in [1.54, 1.807) is 19.2 Å². The first kappa shape index (κ1) is 22.8. The van der Waals surface area contributed by atoms with Gasteiger partial charge >= 0.3 is 0 Å². The Morgan fingerprint density at radius 3 is 2.51 bits per heavy atom. The second-order valence-electron chi connectivity index (χ2n) is 10.6. The van der Waals surface area contributed by atoms with Crippen LogP contribution in [0.5, 0.6) is 5.75 Å². The molecule has 0 aliphatic heterocycles. The molecule has 2 N–H and O–H groups in total. The normalized spacial score (nSPS) is 26.6. The van der Waals surface area contributed by atoms with E-state index in [4.69, 9.17) is 33.0 Å². The van der Waals surface area contributed by atoms with Gasteiger partial charge in [-0.1, -0.05) is 11.6 Å². The van der Waals surface area contributed by atoms with Gasteiger partial charge in [0.25, 0.3) is 0 Å². The topological polar surface area (TPSA) is 76.4 Å². The Morgan fingerprint density at radius 1 is 1.14 bits per heavy atom. The molecule has 4 fully saturated rings. The summed E-state index contributed by atoms with van der Waals surface area (Å²) in [5.41, 5.74) is 3.02. The van der Waals surface area contributed by atoms with Crippen molar-refractivity contribution in [1.82, 2.24) is 10.3 Å². The van der Waals surface area contributed by atoms with Gasteiger partial charge in [0.1, 0.15) is 11.3 Å². The van der Waals surface area contributed by atoms with Gasteiger partial charge in [-0.3, -0.25) is 4.79 Å². The molecule has 7 rings (SSSR count). The van der Waals surface area contributed by atoms with Crippen LogP contribution in [0.1, 0.15) is 44.9 Å². The molecule has 8 heteroatoms. The summed E-state index contributed by atoms with van der Waals surface area (Å²) in [6.07, 6.45) is 8.32. The first-order valence-corrected chi connectivity index (χ1v) is 13.0. The van der Waals surface area contributed by atoms with Crippen LogP contribution in [0.3, 0.4) is 0 Å². The van der Waals surface area contributed by atoms with Crippen molar-refractivity contribution >= 4 is 51.6 Å². The zero-order valence-corrected chi connectivity index (χ0v) is 21.2. The minimum absolute atomic E-state index is 0.0191. The van der Waals surface area contributed by atoms with Crippen molar-refractivity contribution in [1.29, 1.82) is 0 Å². The van der Waals surface area contributed by atoms with E-state index in [0.29, 0.717) is 39.3 Å². The summed E-state index contributed by atoms with van der Waals surface area (Å²) in [7, 11) is 1.57. The van der Waals surface area contributed by atoms with Crippen molar-refractivity contribution in [3.63, 3.8) is 0 Å². The van der Waals surface area contributed by atoms with Crippen LogP contribution in [-0.2, 0) is 4.79 Å². The number of halogens is 1. The number of nitrogens with zero attached hydrogens (tertiary/aromatic N) is 1. The number of aromatic nitrogens is 1. The fraction of sp³-hybridized carbons (Fsp3) is 0.444. The number of hydrogen-bond donors (Lipinski definition) is 2. The maximum Gasteiger partial charge on any atom is 0.227 e. The highest BCUT2D eigenvalue weighted by molar-refractivity contribution is 7.80. The number of oxazole rings is 1. The van der Waals surface area contributed by atoms with Gasteiger partial charge in [0.05, 0.1) is 12.1 Å². The maximum absolute atomic E-state index is 12.9. The molecule has 1 amide bonds. The van der Waals surface area contributed by atoms with E-state index in [-0.39, 0.29) is 11.3 Å². The first-order valence-electron chi connectivity index (χ1n) is 12.2. The molecule has 4 saturated carbocycles. The van der Waals surface area contributed by atoms with E-state index < -0.39 is 0 Å². The van der Waals surface area contributed by atoms with Gasteiger partial charge in [0.2, 0.25) is 11.8 Å². The Bertz CT molecular complexity index is 1280. The highest BCUT2D eigenvalue weighted by Crippen LogP contribution is 2.61. The fourth-order valence-electron chi connectivity index (χ4n) is 7.11. The molecule has 1 heterocycles. The fourth-order valence-corrected chi connectivity index (χ4v) is 7.60. The molecule has 0 radical (unpaired) electrons. The standard InChI is InChI=1S/C27H28ClN3O3S/c1-33-22-4-2-18(9-20(22)28)25-30-21-10-19(3-5-23(21)34-25)29-26(35)31-24(32)14-27-11-15-6-16(12-27)8-17(7-15)13-27/h2-5,9-10,15-17H,6-8,11-14H2,1H3,(H2,29,31,32,35). The van der Waals surface area contributed by atoms with Crippen LogP contribution in [0.15, 0.2) is 40.8 Å². The average Bonchev–Trinajstić information content (AvgIpc) is 3.21. The van der Waals surface area contributed by atoms with E-state index in [9.17, 15) is 4.79 Å². The number of benzene rings is 2. The van der Waals surface area contributed by atoms with Gasteiger partial charge in [-0.05, 0) is 110 Å². The molecule has 0 unspecified atom stereocenters. The van der Waals surface area contributed by atoms with Gasteiger partial charge in [0.15, 0.2) is 10.7 Å². The van der Waals surface area contributed by atoms with Crippen LogP contribution in [0.2, 0.25) is 5.02 Å². The third kappa shape index (κ3) is 4.52. The van der Waals surface area contributed by atoms with Crippen molar-refractivity contribution in [2.24, 2.45) is 23.2 Å². The highest BCUT2D eigenvalue weighted by atomic mass is 35.5. The summed E-state index contributed by atoms with van der Waals surface area (Å²) in [5, 5.41) is 6.84. The number of anilines is 1. The van der Waals surface area contributed by atoms with Crippen LogP contribution in [0.25, 0.3) is 22.6 Å². The third-order valence-corrected chi connectivity index (χ3v) is 8.50. The van der Waals surface area contributed by atoms with Crippen LogP contribution in [0.4, 0.5) is 5.69 Å². The van der Waals surface area contributed by atoms with E-state index in [1.165, 1.54) is 38.5 Å². The molecule has 0 atom stereocenters. The zero-order chi connectivity index (χ0) is 24.2. The van der Waals surface area contributed by atoms with Crippen LogP contribution in [0, 0.1) is 23.2 Å². The largest absolute Gasteiger partial charge is 0.495 e. The molecule has 4 bridgehead atoms. The van der Waals surface area contributed by atoms with Gasteiger partial charge in [0, 0.05) is 17.7 Å². The summed E-state index contributed by atoms with van der Waals surface area (Å²) in [4.78, 5) is 17.5. The van der Waals surface area contributed by atoms with Gasteiger partial charge in [-0.15, -0.1) is 0 Å². The second kappa shape index (κ2) is 8.79. The van der Waals surface area contributed by atoms with Crippen LogP contribution >= 0.6 is 23.8 Å². The molecule has 0 saturated heterocycles. The molecule has 4 aliphatic carbocycles. The van der Waals surface area contributed by atoms with Crippen LogP contribution in [-0.4, -0.2) is 23.1 Å². The lowest BCUT2D eigenvalue weighted by Gasteiger charge is -2.56. The Morgan fingerprint density at radius 2 is 1.86 bits per heavy atom. The van der Waals surface area contributed by atoms with Crippen molar-refractivity contribution < 1.29 is 13.9 Å². The lowest BCUT2D eigenvalue weighted by atomic mass is 9.49. The minimum Gasteiger partial charge on any atom is -0.495 e. The van der Waals surface area contributed by atoms with Crippen molar-refractivity contribution in [2.75, 3.05) is 12.4 Å². The predicted octanol–water partition coefficient (Wildman–Crippen LogP) is 6.58. The molecular formula is C27H28ClN3O3S. The number of thiocarbonyl (C=S) groups is 1. The second-order valence-corrected chi connectivity index (χ2v) is 11.5. The van der Waals surface area contributed by atoms with Crippen molar-refractivity contribution in [3.05, 3.63) is 41.4 Å². The lowest BCUT2D eigenvalue weighted by molar-refractivity contribution is -0.127. The van der Waals surface area contributed by atoms with Crippen molar-refractivity contribution in [3.8, 4) is 17.2 Å². The maximum atomic E-state index is 12.9. The average molecular weight is 510 g/mol. The van der Waals surface area contributed by atoms with Crippen LogP contribution < -0.4 is 15.4 Å². The Labute approximate surface area is 214 Å². The first-order chi connectivity index (χ1) is 16.9. The number of amides is 1. The SMILES string of the molecule is COc1ccc(-c2nc3cc(NC(=S)NC(=O)CC45CC6CC(CC(C6)C4)C5)ccc3o2)cc1Cl. The monoisotopic (exact) mass is 509 g/mol. The summed E-state index contributed by atoms with van der Waals surface area (Å²) < 4.78 is 11.1. The number of rotatable bonds is 5. The molecule has 182 valence electrons. The number of methoxy groups -OCH3 is 1. The number of ether oxygens (including phenoxy) is 1. The number of nitrogens with one attached hydrogen (secondary N) is 2. The summed E-state index contributed by atoms with van der Waals surface area (Å²) in [5.74, 6) is 3.56. The smallest absolute Gasteiger partial charge is 0.227 e. The lowest BCUT2D eigenvalue weighted by Crippen LogP contribution is -2.48. The summed E-state index contributed by atoms with van der Waals surface area (Å²) >= 11 is 11.7. The molecule has 4 aliphatic rings. The number of fused-ring (bicyclic) bond motifs is 1. The quantitative estimate of drug-likeness (QED) is 0.378. The number of carbonyl (C=O) groups excluding carboxylic acids is 1. The summed E-state index contributed by atoms with van der Waals surface area (Å²) in [6, 6.07) is 10.9. The molecule has 35 heavy (non-hydrogen) atoms. The third-order valence-electron chi connectivity index (χ3n) is 8.00. The van der Waals surface area contributed by atoms with E-state index in [2.05, 4.69) is 15.6 Å². The van der Waals surface area contributed by atoms with E-state index in [0.717, 1.165) is 29.0 Å². The molecule has 1 aromatic heterocycles. The van der Waals surface area contributed by atoms with E-state index >= 15 is 0 Å². The van der Waals surface area contributed by atoms with Gasteiger partial charge < -0.3 is 19.8 Å². The number of hydrogen-bond acceptors (Lipinski definition) is 5. The van der Waals surface area contributed by atoms with Gasteiger partial charge in [-0.25, -0.2) is 4.98 Å². The Balaban J connectivity index is 1.11. The van der Waals surface area contributed by atoms with Crippen molar-refractivity contribution in [2.45, 2.75) is 44.9 Å². The molecule has 2 aromatic carbocycles. The van der Waals surface area contributed by atoms with Gasteiger partial charge in [-0.2, -0.15) is 0 Å². The highest BCUT2D eigenvalue weighted by Gasteiger charge is 2.51. The molecule has 3 aromatic rings. The number of carbonyl (C=O) groups is 1. The Kier molecular flexibility index (Phi) is 5.72. The molecular weight excluding hydrogens is 482 g/mol. The molecule has 6 nitrogen and oxygen atoms in total. The summed E-state index contributed by atoms with van der Waals surface area (Å²) in [6.45, 7) is 0. The van der Waals surface area contributed by atoms with E-state index in [1.807, 2.05) is 24.3 Å². The zero-order valence-electron chi connectivity index (χ0n) is 19.6. The Hall–Kier alpha value is -2.64. The minimum atomic E-state index is 0.0191. The molecule has 0 spiro atoms.